The van der Waals surface area contributed by atoms with Crippen molar-refractivity contribution < 1.29 is 9.53 Å². The number of alkyl carbamates (subject to hydrolysis) is 1. The van der Waals surface area contributed by atoms with E-state index in [0.717, 1.165) is 0 Å². The number of benzene rings is 1. The Bertz CT molecular complexity index is 583. The highest BCUT2D eigenvalue weighted by atomic mass is 35.5. The molecule has 6 heteroatoms. The van der Waals surface area contributed by atoms with Crippen LogP contribution in [0.15, 0.2) is 12.1 Å². The quantitative estimate of drug-likeness (QED) is 0.468. The van der Waals surface area contributed by atoms with Gasteiger partial charge in [0.2, 0.25) is 0 Å². The van der Waals surface area contributed by atoms with Crippen LogP contribution in [-0.4, -0.2) is 18.2 Å². The first kappa shape index (κ1) is 18.0. The summed E-state index contributed by atoms with van der Waals surface area (Å²) in [6.45, 7) is 5.80. The molecule has 0 heterocycles. The van der Waals surface area contributed by atoms with Gasteiger partial charge in [-0.1, -0.05) is 46.6 Å². The van der Waals surface area contributed by atoms with Crippen molar-refractivity contribution in [2.45, 2.75) is 32.8 Å². The van der Waals surface area contributed by atoms with Crippen molar-refractivity contribution in [2.75, 3.05) is 6.54 Å². The Morgan fingerprint density at radius 1 is 1.19 bits per heavy atom. The lowest BCUT2D eigenvalue weighted by atomic mass is 10.2. The van der Waals surface area contributed by atoms with E-state index in [1.54, 1.807) is 32.9 Å². The van der Waals surface area contributed by atoms with E-state index in [0.29, 0.717) is 33.6 Å². The highest BCUT2D eigenvalue weighted by Gasteiger charge is 2.15. The zero-order valence-corrected chi connectivity index (χ0v) is 14.3. The fourth-order valence-corrected chi connectivity index (χ4v) is 1.91. The van der Waals surface area contributed by atoms with E-state index >= 15 is 0 Å². The third kappa shape index (κ3) is 6.95. The Balaban J connectivity index is 2.48. The van der Waals surface area contributed by atoms with Gasteiger partial charge in [-0.2, -0.15) is 0 Å². The summed E-state index contributed by atoms with van der Waals surface area (Å²) in [6.07, 6.45) is 0.00684. The zero-order valence-electron chi connectivity index (χ0n) is 12.0. The summed E-state index contributed by atoms with van der Waals surface area (Å²) < 4.78 is 5.10. The van der Waals surface area contributed by atoms with Crippen molar-refractivity contribution >= 4 is 40.9 Å². The summed E-state index contributed by atoms with van der Waals surface area (Å²) in [4.78, 5) is 11.4. The smallest absolute Gasteiger partial charge is 0.407 e. The minimum absolute atomic E-state index is 0.388. The third-order valence-electron chi connectivity index (χ3n) is 2.15. The summed E-state index contributed by atoms with van der Waals surface area (Å²) in [7, 11) is 0. The average Bonchev–Trinajstić information content (AvgIpc) is 2.32. The molecule has 1 aromatic rings. The van der Waals surface area contributed by atoms with Crippen molar-refractivity contribution in [2.24, 2.45) is 0 Å². The van der Waals surface area contributed by atoms with Gasteiger partial charge < -0.3 is 10.1 Å². The number of nitrogens with one attached hydrogen (secondary N) is 1. The van der Waals surface area contributed by atoms with Gasteiger partial charge in [0, 0.05) is 18.5 Å². The normalized spacial score (nSPS) is 10.6. The molecule has 0 unspecified atom stereocenters. The molecule has 21 heavy (non-hydrogen) atoms. The van der Waals surface area contributed by atoms with E-state index in [4.69, 9.17) is 39.5 Å². The number of rotatable bonds is 2. The van der Waals surface area contributed by atoms with E-state index in [-0.39, 0.29) is 0 Å². The first-order valence-corrected chi connectivity index (χ1v) is 7.43. The third-order valence-corrected chi connectivity index (χ3v) is 3.19. The molecule has 0 aliphatic heterocycles. The van der Waals surface area contributed by atoms with Gasteiger partial charge in [-0.05, 0) is 32.9 Å². The molecule has 1 rings (SSSR count). The fourth-order valence-electron chi connectivity index (χ4n) is 1.32. The number of ether oxygens (including phenoxy) is 1. The van der Waals surface area contributed by atoms with E-state index in [2.05, 4.69) is 17.2 Å². The standard InChI is InChI=1S/C15H16Cl3NO2/c1-15(2,3)21-14(20)19-7-5-4-6-10-8-12(17)13(18)9-11(10)16/h8-9H,5,7H2,1-3H3,(H,19,20). The van der Waals surface area contributed by atoms with E-state index in [9.17, 15) is 4.79 Å². The predicted octanol–water partition coefficient (Wildman–Crippen LogP) is 4.91. The van der Waals surface area contributed by atoms with E-state index in [1.807, 2.05) is 0 Å². The molecular weight excluding hydrogens is 333 g/mol. The molecule has 1 N–H and O–H groups in total. The molecule has 1 aromatic carbocycles. The Morgan fingerprint density at radius 2 is 1.81 bits per heavy atom. The van der Waals surface area contributed by atoms with Crippen LogP contribution in [0.5, 0.6) is 0 Å². The van der Waals surface area contributed by atoms with Crippen molar-refractivity contribution in [3.05, 3.63) is 32.8 Å². The molecule has 0 aromatic heterocycles. The predicted molar refractivity (Wildman–Crippen MR) is 87.2 cm³/mol. The summed E-state index contributed by atoms with van der Waals surface area (Å²) in [6, 6.07) is 3.16. The largest absolute Gasteiger partial charge is 0.444 e. The summed E-state index contributed by atoms with van der Waals surface area (Å²) in [5.41, 5.74) is 0.0897. The number of hydrogen-bond acceptors (Lipinski definition) is 2. The Labute approximate surface area is 139 Å². The molecule has 0 fully saturated rings. The summed E-state index contributed by atoms with van der Waals surface area (Å²) >= 11 is 17.7. The maximum Gasteiger partial charge on any atom is 0.407 e. The molecule has 0 saturated carbocycles. The van der Waals surface area contributed by atoms with Crippen LogP contribution >= 0.6 is 34.8 Å². The maximum absolute atomic E-state index is 11.4. The van der Waals surface area contributed by atoms with Gasteiger partial charge in [-0.3, -0.25) is 0 Å². The monoisotopic (exact) mass is 347 g/mol. The second-order valence-electron chi connectivity index (χ2n) is 5.23. The minimum Gasteiger partial charge on any atom is -0.444 e. The van der Waals surface area contributed by atoms with Crippen LogP contribution < -0.4 is 5.32 Å². The molecule has 0 aliphatic rings. The number of halogens is 3. The van der Waals surface area contributed by atoms with Crippen molar-refractivity contribution in [1.29, 1.82) is 0 Å². The first-order chi connectivity index (χ1) is 9.69. The van der Waals surface area contributed by atoms with Crippen LogP contribution in [-0.2, 0) is 4.74 Å². The molecular formula is C15H16Cl3NO2. The van der Waals surface area contributed by atoms with Crippen LogP contribution in [0, 0.1) is 11.8 Å². The van der Waals surface area contributed by atoms with Gasteiger partial charge in [-0.25, -0.2) is 4.79 Å². The average molecular weight is 349 g/mol. The van der Waals surface area contributed by atoms with Gasteiger partial charge in [0.15, 0.2) is 0 Å². The lowest BCUT2D eigenvalue weighted by Crippen LogP contribution is -2.32. The maximum atomic E-state index is 11.4. The topological polar surface area (TPSA) is 38.3 Å². The van der Waals surface area contributed by atoms with Crippen LogP contribution in [0.4, 0.5) is 4.79 Å². The van der Waals surface area contributed by atoms with Crippen molar-refractivity contribution in [3.63, 3.8) is 0 Å². The Kier molecular flexibility index (Phi) is 6.67. The molecule has 0 spiro atoms. The van der Waals surface area contributed by atoms with Crippen LogP contribution in [0.1, 0.15) is 32.8 Å². The van der Waals surface area contributed by atoms with Gasteiger partial charge in [-0.15, -0.1) is 0 Å². The van der Waals surface area contributed by atoms with Crippen molar-refractivity contribution in [1.82, 2.24) is 5.32 Å². The molecule has 3 nitrogen and oxygen atoms in total. The molecule has 0 atom stereocenters. The minimum atomic E-state index is -0.511. The zero-order chi connectivity index (χ0) is 16.0. The molecule has 1 amide bonds. The van der Waals surface area contributed by atoms with Crippen LogP contribution in [0.2, 0.25) is 15.1 Å². The lowest BCUT2D eigenvalue weighted by Gasteiger charge is -2.19. The number of hydrogen-bond donors (Lipinski definition) is 1. The fraction of sp³-hybridized carbons (Fsp3) is 0.400. The number of carbonyl (C=O) groups excluding carboxylic acids is 1. The highest BCUT2D eigenvalue weighted by molar-refractivity contribution is 6.43. The molecule has 0 aliphatic carbocycles. The van der Waals surface area contributed by atoms with E-state index < -0.39 is 11.7 Å². The second kappa shape index (κ2) is 7.79. The lowest BCUT2D eigenvalue weighted by molar-refractivity contribution is 0.0529. The number of carbonyl (C=O) groups is 1. The van der Waals surface area contributed by atoms with Crippen LogP contribution in [0.25, 0.3) is 0 Å². The van der Waals surface area contributed by atoms with Gasteiger partial charge in [0.1, 0.15) is 5.60 Å². The van der Waals surface area contributed by atoms with E-state index in [1.165, 1.54) is 0 Å². The van der Waals surface area contributed by atoms with Gasteiger partial charge in [0.25, 0.3) is 0 Å². The second-order valence-corrected chi connectivity index (χ2v) is 6.45. The Morgan fingerprint density at radius 3 is 2.43 bits per heavy atom. The van der Waals surface area contributed by atoms with Gasteiger partial charge >= 0.3 is 6.09 Å². The first-order valence-electron chi connectivity index (χ1n) is 6.29. The SMILES string of the molecule is CC(C)(C)OC(=O)NCCC#Cc1cc(Cl)c(Cl)cc1Cl. The summed E-state index contributed by atoms with van der Waals surface area (Å²) in [5.74, 6) is 5.79. The molecule has 0 bridgehead atoms. The summed E-state index contributed by atoms with van der Waals surface area (Å²) in [5, 5.41) is 3.85. The Hall–Kier alpha value is -1.08. The molecule has 0 saturated heterocycles. The van der Waals surface area contributed by atoms with Crippen molar-refractivity contribution in [3.8, 4) is 11.8 Å². The number of amides is 1. The molecule has 114 valence electrons. The highest BCUT2D eigenvalue weighted by Crippen LogP contribution is 2.28. The van der Waals surface area contributed by atoms with Crippen LogP contribution in [0.3, 0.4) is 0 Å². The van der Waals surface area contributed by atoms with Gasteiger partial charge in [0.05, 0.1) is 15.1 Å². The molecule has 0 radical (unpaired) electrons.